The fourth-order valence-corrected chi connectivity index (χ4v) is 3.25. The fraction of sp³-hybridized carbons (Fsp3) is 0.727. The summed E-state index contributed by atoms with van der Waals surface area (Å²) < 4.78 is 0. The third-order valence-electron chi connectivity index (χ3n) is 3.24. The summed E-state index contributed by atoms with van der Waals surface area (Å²) >= 11 is 1.88. The number of nitrogens with zero attached hydrogens (tertiary/aromatic N) is 1. The highest BCUT2D eigenvalue weighted by atomic mass is 32.1. The molecule has 0 amide bonds. The van der Waals surface area contributed by atoms with Gasteiger partial charge < -0.3 is 5.73 Å². The summed E-state index contributed by atoms with van der Waals surface area (Å²) in [6.07, 6.45) is 4.96. The van der Waals surface area contributed by atoms with Crippen molar-refractivity contribution in [3.63, 3.8) is 0 Å². The summed E-state index contributed by atoms with van der Waals surface area (Å²) in [5.41, 5.74) is 7.16. The minimum absolute atomic E-state index is 0.391. The van der Waals surface area contributed by atoms with E-state index in [0.29, 0.717) is 5.41 Å². The minimum Gasteiger partial charge on any atom is -0.330 e. The maximum absolute atomic E-state index is 5.57. The van der Waals surface area contributed by atoms with Gasteiger partial charge in [-0.15, -0.1) is 11.3 Å². The molecule has 0 aliphatic heterocycles. The van der Waals surface area contributed by atoms with E-state index in [1.165, 1.54) is 34.8 Å². The first-order chi connectivity index (χ1) is 6.65. The Bertz CT molecular complexity index is 326. The normalized spacial score (nSPS) is 19.4. The predicted molar refractivity (Wildman–Crippen MR) is 60.8 cm³/mol. The number of aromatic nitrogens is 1. The number of thiazole rings is 1. The van der Waals surface area contributed by atoms with E-state index in [1.54, 1.807) is 0 Å². The van der Waals surface area contributed by atoms with Gasteiger partial charge >= 0.3 is 0 Å². The number of aryl methyl sites for hydroxylation is 1. The standard InChI is InChI=1S/C11H18N2S/c1-8-9(4-7-12)14-10(13-8)11(2)5-3-6-11/h3-7,12H2,1-2H3. The summed E-state index contributed by atoms with van der Waals surface area (Å²) in [4.78, 5) is 6.07. The second-order valence-electron chi connectivity index (χ2n) is 4.48. The predicted octanol–water partition coefficient (Wildman–Crippen LogP) is 2.39. The molecule has 14 heavy (non-hydrogen) atoms. The molecule has 78 valence electrons. The van der Waals surface area contributed by atoms with Gasteiger partial charge in [0, 0.05) is 10.3 Å². The Hall–Kier alpha value is -0.410. The van der Waals surface area contributed by atoms with Crippen LogP contribution in [-0.4, -0.2) is 11.5 Å². The Balaban J connectivity index is 2.23. The molecule has 0 atom stereocenters. The monoisotopic (exact) mass is 210 g/mol. The van der Waals surface area contributed by atoms with E-state index in [9.17, 15) is 0 Å². The first-order valence-corrected chi connectivity index (χ1v) is 6.14. The lowest BCUT2D eigenvalue weighted by molar-refractivity contribution is 0.271. The Morgan fingerprint density at radius 3 is 2.71 bits per heavy atom. The SMILES string of the molecule is Cc1nc(C2(C)CCC2)sc1CCN. The molecule has 1 heterocycles. The second-order valence-corrected chi connectivity index (χ2v) is 5.56. The van der Waals surface area contributed by atoms with Crippen molar-refractivity contribution in [1.29, 1.82) is 0 Å². The lowest BCUT2D eigenvalue weighted by Crippen LogP contribution is -2.30. The van der Waals surface area contributed by atoms with Gasteiger partial charge in [0.15, 0.2) is 0 Å². The average Bonchev–Trinajstić information content (AvgIpc) is 2.45. The Kier molecular flexibility index (Phi) is 2.62. The molecule has 0 saturated heterocycles. The van der Waals surface area contributed by atoms with Crippen molar-refractivity contribution >= 4 is 11.3 Å². The lowest BCUT2D eigenvalue weighted by atomic mass is 9.71. The third-order valence-corrected chi connectivity index (χ3v) is 4.76. The summed E-state index contributed by atoms with van der Waals surface area (Å²) in [5, 5.41) is 1.34. The maximum atomic E-state index is 5.57. The molecule has 1 fully saturated rings. The van der Waals surface area contributed by atoms with Gasteiger partial charge in [0.1, 0.15) is 0 Å². The van der Waals surface area contributed by atoms with Crippen LogP contribution in [0.4, 0.5) is 0 Å². The van der Waals surface area contributed by atoms with E-state index in [4.69, 9.17) is 5.73 Å². The summed E-state index contributed by atoms with van der Waals surface area (Å²) in [6, 6.07) is 0. The van der Waals surface area contributed by atoms with Crippen LogP contribution in [0.15, 0.2) is 0 Å². The summed E-state index contributed by atoms with van der Waals surface area (Å²) in [7, 11) is 0. The van der Waals surface area contributed by atoms with Crippen LogP contribution < -0.4 is 5.73 Å². The van der Waals surface area contributed by atoms with E-state index < -0.39 is 0 Å². The van der Waals surface area contributed by atoms with Gasteiger partial charge in [0.05, 0.1) is 10.7 Å². The number of rotatable bonds is 3. The van der Waals surface area contributed by atoms with Crippen molar-refractivity contribution in [3.05, 3.63) is 15.6 Å². The van der Waals surface area contributed by atoms with E-state index in [1.807, 2.05) is 11.3 Å². The largest absolute Gasteiger partial charge is 0.330 e. The van der Waals surface area contributed by atoms with Crippen molar-refractivity contribution < 1.29 is 0 Å². The van der Waals surface area contributed by atoms with Crippen LogP contribution in [0.5, 0.6) is 0 Å². The van der Waals surface area contributed by atoms with Crippen LogP contribution in [0.1, 0.15) is 41.8 Å². The van der Waals surface area contributed by atoms with E-state index >= 15 is 0 Å². The molecule has 1 aliphatic carbocycles. The second kappa shape index (κ2) is 3.63. The molecule has 2 N–H and O–H groups in total. The molecule has 0 radical (unpaired) electrons. The zero-order chi connectivity index (χ0) is 10.2. The first kappa shape index (κ1) is 10.1. The molecule has 0 unspecified atom stereocenters. The van der Waals surface area contributed by atoms with Gasteiger partial charge in [-0.1, -0.05) is 13.3 Å². The minimum atomic E-state index is 0.391. The van der Waals surface area contributed by atoms with Crippen molar-refractivity contribution in [1.82, 2.24) is 4.98 Å². The molecule has 2 nitrogen and oxygen atoms in total. The Labute approximate surface area is 89.5 Å². The first-order valence-electron chi connectivity index (χ1n) is 5.32. The van der Waals surface area contributed by atoms with Gasteiger partial charge in [-0.25, -0.2) is 4.98 Å². The van der Waals surface area contributed by atoms with Crippen LogP contribution in [0, 0.1) is 6.92 Å². The zero-order valence-electron chi connectivity index (χ0n) is 8.97. The van der Waals surface area contributed by atoms with Crippen LogP contribution in [0.25, 0.3) is 0 Å². The van der Waals surface area contributed by atoms with Crippen LogP contribution in [0.2, 0.25) is 0 Å². The highest BCUT2D eigenvalue weighted by Gasteiger charge is 2.36. The van der Waals surface area contributed by atoms with Crippen molar-refractivity contribution in [2.75, 3.05) is 6.54 Å². The van der Waals surface area contributed by atoms with Crippen molar-refractivity contribution in [2.24, 2.45) is 5.73 Å². The highest BCUT2D eigenvalue weighted by Crippen LogP contribution is 2.45. The lowest BCUT2D eigenvalue weighted by Gasteiger charge is -2.36. The smallest absolute Gasteiger partial charge is 0.0990 e. The number of hydrogen-bond donors (Lipinski definition) is 1. The highest BCUT2D eigenvalue weighted by molar-refractivity contribution is 7.11. The van der Waals surface area contributed by atoms with Gasteiger partial charge in [-0.2, -0.15) is 0 Å². The molecule has 1 aromatic heterocycles. The summed E-state index contributed by atoms with van der Waals surface area (Å²) in [6.45, 7) is 5.17. The molecule has 1 saturated carbocycles. The Morgan fingerprint density at radius 2 is 2.21 bits per heavy atom. The molecule has 1 aliphatic rings. The number of hydrogen-bond acceptors (Lipinski definition) is 3. The van der Waals surface area contributed by atoms with Crippen molar-refractivity contribution in [3.8, 4) is 0 Å². The average molecular weight is 210 g/mol. The third kappa shape index (κ3) is 1.59. The molecule has 3 heteroatoms. The number of nitrogens with two attached hydrogens (primary N) is 1. The molecule has 0 spiro atoms. The van der Waals surface area contributed by atoms with Gasteiger partial charge in [-0.3, -0.25) is 0 Å². The fourth-order valence-electron chi connectivity index (χ4n) is 1.97. The van der Waals surface area contributed by atoms with Gasteiger partial charge in [0.25, 0.3) is 0 Å². The maximum Gasteiger partial charge on any atom is 0.0990 e. The van der Waals surface area contributed by atoms with Gasteiger partial charge in [-0.05, 0) is 32.7 Å². The van der Waals surface area contributed by atoms with E-state index in [2.05, 4.69) is 18.8 Å². The molecule has 2 rings (SSSR count). The quantitative estimate of drug-likeness (QED) is 0.832. The molecular weight excluding hydrogens is 192 g/mol. The summed E-state index contributed by atoms with van der Waals surface area (Å²) in [5.74, 6) is 0. The topological polar surface area (TPSA) is 38.9 Å². The van der Waals surface area contributed by atoms with E-state index in [-0.39, 0.29) is 0 Å². The van der Waals surface area contributed by atoms with Crippen LogP contribution in [-0.2, 0) is 11.8 Å². The molecule has 0 aromatic carbocycles. The van der Waals surface area contributed by atoms with Crippen LogP contribution >= 0.6 is 11.3 Å². The van der Waals surface area contributed by atoms with Crippen molar-refractivity contribution in [2.45, 2.75) is 44.9 Å². The molecular formula is C11H18N2S. The zero-order valence-corrected chi connectivity index (χ0v) is 9.78. The van der Waals surface area contributed by atoms with Crippen LogP contribution in [0.3, 0.4) is 0 Å². The Morgan fingerprint density at radius 1 is 1.50 bits per heavy atom. The van der Waals surface area contributed by atoms with Gasteiger partial charge in [0.2, 0.25) is 0 Å². The molecule has 0 bridgehead atoms. The molecule has 1 aromatic rings. The van der Waals surface area contributed by atoms with E-state index in [0.717, 1.165) is 13.0 Å².